The Hall–Kier alpha value is -2.81. The zero-order valence-corrected chi connectivity index (χ0v) is 14.7. The van der Waals surface area contributed by atoms with Gasteiger partial charge < -0.3 is 20.3 Å². The number of para-hydroxylation sites is 2. The number of hydrogen-bond donors (Lipinski definition) is 2. The average molecular weight is 385 g/mol. The molecule has 0 bridgehead atoms. The van der Waals surface area contributed by atoms with Gasteiger partial charge in [-0.3, -0.25) is 0 Å². The van der Waals surface area contributed by atoms with Gasteiger partial charge in [0.1, 0.15) is 5.82 Å². The molecule has 0 aliphatic carbocycles. The fourth-order valence-electron chi connectivity index (χ4n) is 2.42. The van der Waals surface area contributed by atoms with Crippen molar-refractivity contribution in [3.63, 3.8) is 0 Å². The standard InChI is InChI=1S/C18H19F4N3O2/c1-25(2)15(12-7-9-13(19)10-8-12)11-23-17(26)24-14-5-3-4-6-16(14)27-18(20,21)22/h3-10,15H,11H2,1-2H3,(H2,23,24,26). The van der Waals surface area contributed by atoms with Crippen molar-refractivity contribution in [3.8, 4) is 5.75 Å². The lowest BCUT2D eigenvalue weighted by molar-refractivity contribution is -0.274. The zero-order valence-electron chi connectivity index (χ0n) is 14.7. The smallest absolute Gasteiger partial charge is 0.404 e. The van der Waals surface area contributed by atoms with E-state index in [0.29, 0.717) is 0 Å². The summed E-state index contributed by atoms with van der Waals surface area (Å²) in [7, 11) is 3.58. The van der Waals surface area contributed by atoms with E-state index in [-0.39, 0.29) is 24.1 Å². The van der Waals surface area contributed by atoms with Gasteiger partial charge in [-0.1, -0.05) is 24.3 Å². The van der Waals surface area contributed by atoms with Gasteiger partial charge >= 0.3 is 12.4 Å². The Morgan fingerprint density at radius 2 is 1.74 bits per heavy atom. The first-order chi connectivity index (χ1) is 12.7. The second kappa shape index (κ2) is 8.72. The molecule has 27 heavy (non-hydrogen) atoms. The molecule has 0 fully saturated rings. The van der Waals surface area contributed by atoms with Crippen molar-refractivity contribution in [1.82, 2.24) is 10.2 Å². The fraction of sp³-hybridized carbons (Fsp3) is 0.278. The Kier molecular flexibility index (Phi) is 6.62. The number of benzene rings is 2. The Morgan fingerprint density at radius 3 is 2.33 bits per heavy atom. The molecule has 0 aliphatic heterocycles. The average Bonchev–Trinajstić information content (AvgIpc) is 2.57. The summed E-state index contributed by atoms with van der Waals surface area (Å²) < 4.78 is 54.3. The van der Waals surface area contributed by atoms with E-state index in [1.54, 1.807) is 26.2 Å². The predicted molar refractivity (Wildman–Crippen MR) is 93.0 cm³/mol. The van der Waals surface area contributed by atoms with Crippen molar-refractivity contribution in [1.29, 1.82) is 0 Å². The minimum atomic E-state index is -4.87. The number of hydrogen-bond acceptors (Lipinski definition) is 3. The molecular formula is C18H19F4N3O2. The Morgan fingerprint density at radius 1 is 1.11 bits per heavy atom. The topological polar surface area (TPSA) is 53.6 Å². The fourth-order valence-corrected chi connectivity index (χ4v) is 2.42. The maximum Gasteiger partial charge on any atom is 0.573 e. The van der Waals surface area contributed by atoms with Crippen molar-refractivity contribution >= 4 is 11.7 Å². The number of amides is 2. The van der Waals surface area contributed by atoms with Gasteiger partial charge in [-0.2, -0.15) is 0 Å². The Bertz CT molecular complexity index is 764. The maximum absolute atomic E-state index is 13.1. The zero-order chi connectivity index (χ0) is 20.0. The highest BCUT2D eigenvalue weighted by Gasteiger charge is 2.32. The lowest BCUT2D eigenvalue weighted by Crippen LogP contribution is -2.37. The van der Waals surface area contributed by atoms with E-state index in [4.69, 9.17) is 0 Å². The minimum absolute atomic E-state index is 0.115. The van der Waals surface area contributed by atoms with Crippen LogP contribution in [0, 0.1) is 5.82 Å². The van der Waals surface area contributed by atoms with E-state index in [1.807, 2.05) is 4.90 Å². The molecule has 0 saturated carbocycles. The minimum Gasteiger partial charge on any atom is -0.404 e. The van der Waals surface area contributed by atoms with Gasteiger partial charge in [0.15, 0.2) is 5.75 Å². The number of rotatable bonds is 6. The molecule has 2 N–H and O–H groups in total. The number of anilines is 1. The molecule has 0 aromatic heterocycles. The molecule has 2 aromatic rings. The molecule has 0 radical (unpaired) electrons. The van der Waals surface area contributed by atoms with Gasteiger partial charge in [0.25, 0.3) is 0 Å². The normalized spacial score (nSPS) is 12.6. The van der Waals surface area contributed by atoms with E-state index >= 15 is 0 Å². The van der Waals surface area contributed by atoms with Gasteiger partial charge in [0.2, 0.25) is 0 Å². The van der Waals surface area contributed by atoms with Crippen molar-refractivity contribution < 1.29 is 27.1 Å². The van der Waals surface area contributed by atoms with Crippen LogP contribution >= 0.6 is 0 Å². The van der Waals surface area contributed by atoms with Crippen LogP contribution in [0.2, 0.25) is 0 Å². The van der Waals surface area contributed by atoms with Crippen molar-refractivity contribution in [2.75, 3.05) is 26.0 Å². The third-order valence-corrected chi connectivity index (χ3v) is 3.70. The SMILES string of the molecule is CN(C)C(CNC(=O)Nc1ccccc1OC(F)(F)F)c1ccc(F)cc1. The van der Waals surface area contributed by atoms with Crippen LogP contribution in [-0.2, 0) is 0 Å². The first-order valence-electron chi connectivity index (χ1n) is 7.97. The molecule has 5 nitrogen and oxygen atoms in total. The highest BCUT2D eigenvalue weighted by Crippen LogP contribution is 2.29. The van der Waals surface area contributed by atoms with E-state index in [0.717, 1.165) is 11.6 Å². The van der Waals surface area contributed by atoms with E-state index < -0.39 is 18.1 Å². The monoisotopic (exact) mass is 385 g/mol. The highest BCUT2D eigenvalue weighted by atomic mass is 19.4. The number of carbonyl (C=O) groups excluding carboxylic acids is 1. The molecule has 146 valence electrons. The summed E-state index contributed by atoms with van der Waals surface area (Å²) in [5, 5.41) is 4.93. The number of nitrogens with one attached hydrogen (secondary N) is 2. The van der Waals surface area contributed by atoms with Crippen LogP contribution in [0.4, 0.5) is 28.0 Å². The second-order valence-electron chi connectivity index (χ2n) is 5.91. The molecule has 0 saturated heterocycles. The number of likely N-dealkylation sites (N-methyl/N-ethyl adjacent to an activating group) is 1. The van der Waals surface area contributed by atoms with E-state index in [2.05, 4.69) is 15.4 Å². The summed E-state index contributed by atoms with van der Waals surface area (Å²) in [5.41, 5.74) is 0.665. The van der Waals surface area contributed by atoms with Gasteiger partial charge in [0.05, 0.1) is 11.7 Å². The summed E-state index contributed by atoms with van der Waals surface area (Å²) in [6.07, 6.45) is -4.87. The van der Waals surface area contributed by atoms with Crippen LogP contribution < -0.4 is 15.4 Å². The number of alkyl halides is 3. The molecule has 2 aromatic carbocycles. The van der Waals surface area contributed by atoms with Crippen LogP contribution in [0.5, 0.6) is 5.75 Å². The van der Waals surface area contributed by atoms with Gasteiger partial charge in [-0.05, 0) is 43.9 Å². The highest BCUT2D eigenvalue weighted by molar-refractivity contribution is 5.90. The summed E-state index contributed by atoms with van der Waals surface area (Å²) in [4.78, 5) is 13.9. The van der Waals surface area contributed by atoms with E-state index in [9.17, 15) is 22.4 Å². The predicted octanol–water partition coefficient (Wildman–Crippen LogP) is 4.15. The Balaban J connectivity index is 2.02. The van der Waals surface area contributed by atoms with Crippen LogP contribution in [-0.4, -0.2) is 37.9 Å². The lowest BCUT2D eigenvalue weighted by Gasteiger charge is -2.25. The number of urea groups is 1. The van der Waals surface area contributed by atoms with Crippen LogP contribution in [0.15, 0.2) is 48.5 Å². The van der Waals surface area contributed by atoms with Gasteiger partial charge in [-0.25, -0.2) is 9.18 Å². The quantitative estimate of drug-likeness (QED) is 0.735. The summed E-state index contributed by atoms with van der Waals surface area (Å²) in [6, 6.07) is 10.1. The van der Waals surface area contributed by atoms with Crippen LogP contribution in [0.1, 0.15) is 11.6 Å². The molecule has 1 atom stereocenters. The van der Waals surface area contributed by atoms with Gasteiger partial charge in [-0.15, -0.1) is 13.2 Å². The number of halogens is 4. The summed E-state index contributed by atoms with van der Waals surface area (Å²) in [5.74, 6) is -0.883. The Labute approximate surface area is 153 Å². The molecule has 2 amide bonds. The van der Waals surface area contributed by atoms with Crippen LogP contribution in [0.25, 0.3) is 0 Å². The molecule has 1 unspecified atom stereocenters. The molecule has 0 heterocycles. The molecule has 0 aliphatic rings. The van der Waals surface area contributed by atoms with Crippen molar-refractivity contribution in [3.05, 3.63) is 59.9 Å². The molecular weight excluding hydrogens is 366 g/mol. The van der Waals surface area contributed by atoms with Crippen LogP contribution in [0.3, 0.4) is 0 Å². The van der Waals surface area contributed by atoms with E-state index in [1.165, 1.54) is 30.3 Å². The summed E-state index contributed by atoms with van der Waals surface area (Å²) in [6.45, 7) is 0.159. The molecule has 9 heteroatoms. The molecule has 2 rings (SSSR count). The third-order valence-electron chi connectivity index (χ3n) is 3.70. The number of carbonyl (C=O) groups is 1. The number of nitrogens with zero attached hydrogens (tertiary/aromatic N) is 1. The molecule has 0 spiro atoms. The lowest BCUT2D eigenvalue weighted by atomic mass is 10.1. The second-order valence-corrected chi connectivity index (χ2v) is 5.91. The first-order valence-corrected chi connectivity index (χ1v) is 7.97. The summed E-state index contributed by atoms with van der Waals surface area (Å²) >= 11 is 0. The maximum atomic E-state index is 13.1. The number of ether oxygens (including phenoxy) is 1. The third kappa shape index (κ3) is 6.45. The van der Waals surface area contributed by atoms with Gasteiger partial charge in [0, 0.05) is 6.54 Å². The van der Waals surface area contributed by atoms with Crippen molar-refractivity contribution in [2.24, 2.45) is 0 Å². The first kappa shape index (κ1) is 20.5. The van der Waals surface area contributed by atoms with Crippen molar-refractivity contribution in [2.45, 2.75) is 12.4 Å². The largest absolute Gasteiger partial charge is 0.573 e.